The number of carbonyl (C=O) groups is 2. The average molecular weight is 252 g/mol. The number of hydrogen-bond acceptors (Lipinski definition) is 6. The Bertz CT molecular complexity index is 289. The summed E-state index contributed by atoms with van der Waals surface area (Å²) in [4.78, 5) is 21.6. The number of ether oxygens (including phenoxy) is 2. The molecular weight excluding hydrogens is 240 g/mol. The van der Waals surface area contributed by atoms with Gasteiger partial charge in [0.1, 0.15) is 6.10 Å². The van der Waals surface area contributed by atoms with Gasteiger partial charge in [-0.1, -0.05) is 10.8 Å². The van der Waals surface area contributed by atoms with Crippen LogP contribution in [0.15, 0.2) is 0 Å². The fourth-order valence-corrected chi connectivity index (χ4v) is 3.95. The first-order valence-corrected chi connectivity index (χ1v) is 7.17. The van der Waals surface area contributed by atoms with Crippen LogP contribution in [-0.4, -0.2) is 39.9 Å². The molecule has 0 aromatic rings. The van der Waals surface area contributed by atoms with Crippen LogP contribution in [-0.2, 0) is 28.9 Å². The van der Waals surface area contributed by atoms with E-state index >= 15 is 0 Å². The van der Waals surface area contributed by atoms with Crippen molar-refractivity contribution in [1.29, 1.82) is 0 Å². The molecule has 0 N–H and O–H groups in total. The molecule has 0 saturated carbocycles. The lowest BCUT2D eigenvalue weighted by atomic mass is 10.2. The second-order valence-electron chi connectivity index (χ2n) is 3.05. The Kier molecular flexibility index (Phi) is 4.59. The zero-order valence-electron chi connectivity index (χ0n) is 8.43. The van der Waals surface area contributed by atoms with E-state index in [9.17, 15) is 13.8 Å². The summed E-state index contributed by atoms with van der Waals surface area (Å²) in [5, 5.41) is 0. The lowest BCUT2D eigenvalue weighted by Crippen LogP contribution is -2.42. The summed E-state index contributed by atoms with van der Waals surface area (Å²) < 4.78 is 21.2. The minimum Gasteiger partial charge on any atom is -0.458 e. The van der Waals surface area contributed by atoms with Crippen LogP contribution in [0.5, 0.6) is 0 Å². The molecule has 1 heterocycles. The van der Waals surface area contributed by atoms with Gasteiger partial charge in [-0.3, -0.25) is 9.59 Å². The van der Waals surface area contributed by atoms with Crippen molar-refractivity contribution in [3.05, 3.63) is 0 Å². The quantitative estimate of drug-likeness (QED) is 0.518. The van der Waals surface area contributed by atoms with Gasteiger partial charge in [-0.2, -0.15) is 0 Å². The molecule has 7 heteroatoms. The third-order valence-electron chi connectivity index (χ3n) is 1.71. The van der Waals surface area contributed by atoms with Crippen molar-refractivity contribution in [2.45, 2.75) is 26.1 Å². The van der Waals surface area contributed by atoms with E-state index in [1.165, 1.54) is 24.6 Å². The van der Waals surface area contributed by atoms with Gasteiger partial charge in [0.15, 0.2) is 6.10 Å². The van der Waals surface area contributed by atoms with Crippen molar-refractivity contribution in [3.8, 4) is 0 Å². The summed E-state index contributed by atoms with van der Waals surface area (Å²) in [6, 6.07) is 0. The van der Waals surface area contributed by atoms with Crippen LogP contribution in [0.2, 0.25) is 0 Å². The van der Waals surface area contributed by atoms with Gasteiger partial charge in [0.05, 0.1) is 15.6 Å². The maximum atomic E-state index is 11.2. The monoisotopic (exact) mass is 252 g/mol. The number of hydrogen-bond donors (Lipinski definition) is 0. The molecule has 86 valence electrons. The van der Waals surface area contributed by atoms with Crippen molar-refractivity contribution in [2.24, 2.45) is 0 Å². The predicted octanol–water partition coefficient (Wildman–Crippen LogP) is 0.260. The molecule has 1 fully saturated rings. The number of esters is 2. The highest BCUT2D eigenvalue weighted by atomic mass is 33.1. The molecule has 3 atom stereocenters. The fourth-order valence-electron chi connectivity index (χ4n) is 1.19. The van der Waals surface area contributed by atoms with Crippen LogP contribution in [0.1, 0.15) is 13.8 Å². The molecular formula is C8H12O5S2. The Morgan fingerprint density at radius 2 is 1.73 bits per heavy atom. The Morgan fingerprint density at radius 3 is 2.27 bits per heavy atom. The Labute approximate surface area is 93.7 Å². The first-order valence-electron chi connectivity index (χ1n) is 4.35. The van der Waals surface area contributed by atoms with Gasteiger partial charge < -0.3 is 9.47 Å². The van der Waals surface area contributed by atoms with Gasteiger partial charge >= 0.3 is 11.9 Å². The molecule has 1 saturated heterocycles. The predicted molar refractivity (Wildman–Crippen MR) is 56.6 cm³/mol. The molecule has 1 unspecified atom stereocenters. The SMILES string of the molecule is CC(=O)O[C@H]1CSS(=O)C[C@H]1OC(C)=O. The van der Waals surface area contributed by atoms with Gasteiger partial charge in [-0.25, -0.2) is 4.21 Å². The average Bonchev–Trinajstić information content (AvgIpc) is 2.08. The minimum atomic E-state index is -1.07. The molecule has 1 aliphatic rings. The lowest BCUT2D eigenvalue weighted by Gasteiger charge is -2.28. The highest BCUT2D eigenvalue weighted by Gasteiger charge is 2.34. The zero-order chi connectivity index (χ0) is 11.4. The van der Waals surface area contributed by atoms with Crippen molar-refractivity contribution < 1.29 is 23.3 Å². The third-order valence-corrected chi connectivity index (χ3v) is 4.65. The maximum absolute atomic E-state index is 11.2. The molecule has 0 aromatic heterocycles. The molecule has 0 aliphatic carbocycles. The summed E-state index contributed by atoms with van der Waals surface area (Å²) in [6.45, 7) is 2.57. The van der Waals surface area contributed by atoms with E-state index in [1.807, 2.05) is 0 Å². The van der Waals surface area contributed by atoms with Crippen LogP contribution in [0.4, 0.5) is 0 Å². The van der Waals surface area contributed by atoms with E-state index < -0.39 is 34.0 Å². The molecule has 0 amide bonds. The fraction of sp³-hybridized carbons (Fsp3) is 0.750. The van der Waals surface area contributed by atoms with Crippen LogP contribution < -0.4 is 0 Å². The zero-order valence-corrected chi connectivity index (χ0v) is 10.1. The van der Waals surface area contributed by atoms with E-state index in [-0.39, 0.29) is 5.75 Å². The van der Waals surface area contributed by atoms with E-state index in [0.29, 0.717) is 5.75 Å². The van der Waals surface area contributed by atoms with Crippen LogP contribution >= 0.6 is 10.8 Å². The van der Waals surface area contributed by atoms with E-state index in [4.69, 9.17) is 9.47 Å². The van der Waals surface area contributed by atoms with Crippen LogP contribution in [0.25, 0.3) is 0 Å². The summed E-state index contributed by atoms with van der Waals surface area (Å²) in [5.41, 5.74) is 0. The Morgan fingerprint density at radius 1 is 1.20 bits per heavy atom. The maximum Gasteiger partial charge on any atom is 0.303 e. The van der Waals surface area contributed by atoms with Gasteiger partial charge in [-0.05, 0) is 0 Å². The van der Waals surface area contributed by atoms with Crippen molar-refractivity contribution in [3.63, 3.8) is 0 Å². The third kappa shape index (κ3) is 4.21. The van der Waals surface area contributed by atoms with Crippen molar-refractivity contribution >= 4 is 32.6 Å². The second-order valence-corrected chi connectivity index (χ2v) is 6.38. The molecule has 1 aliphatic heterocycles. The normalized spacial score (nSPS) is 30.7. The number of rotatable bonds is 2. The topological polar surface area (TPSA) is 69.7 Å². The van der Waals surface area contributed by atoms with Crippen molar-refractivity contribution in [1.82, 2.24) is 0 Å². The van der Waals surface area contributed by atoms with Crippen molar-refractivity contribution in [2.75, 3.05) is 11.5 Å². The highest BCUT2D eigenvalue weighted by molar-refractivity contribution is 8.69. The summed E-state index contributed by atoms with van der Waals surface area (Å²) in [7, 11) is 0.129. The molecule has 15 heavy (non-hydrogen) atoms. The molecule has 0 radical (unpaired) electrons. The first-order chi connectivity index (χ1) is 6.99. The van der Waals surface area contributed by atoms with Gasteiger partial charge in [-0.15, -0.1) is 0 Å². The van der Waals surface area contributed by atoms with Gasteiger partial charge in [0.2, 0.25) is 0 Å². The summed E-state index contributed by atoms with van der Waals surface area (Å²) >= 11 is 0. The minimum absolute atomic E-state index is 0.211. The molecule has 0 spiro atoms. The van der Waals surface area contributed by atoms with Gasteiger partial charge in [0, 0.05) is 19.6 Å². The number of carbonyl (C=O) groups excluding carboxylic acids is 2. The van der Waals surface area contributed by atoms with Gasteiger partial charge in [0.25, 0.3) is 0 Å². The van der Waals surface area contributed by atoms with Crippen LogP contribution in [0.3, 0.4) is 0 Å². The first kappa shape index (κ1) is 12.5. The molecule has 5 nitrogen and oxygen atoms in total. The van der Waals surface area contributed by atoms with E-state index in [2.05, 4.69) is 0 Å². The Hall–Kier alpha value is -0.560. The Balaban J connectivity index is 2.61. The lowest BCUT2D eigenvalue weighted by molar-refractivity contribution is -0.161. The summed E-state index contributed by atoms with van der Waals surface area (Å²) in [6.07, 6.45) is -1.08. The van der Waals surface area contributed by atoms with E-state index in [1.54, 1.807) is 0 Å². The highest BCUT2D eigenvalue weighted by Crippen LogP contribution is 2.24. The molecule has 0 aromatic carbocycles. The van der Waals surface area contributed by atoms with Crippen LogP contribution in [0, 0.1) is 0 Å². The molecule has 0 bridgehead atoms. The molecule has 1 rings (SSSR count). The summed E-state index contributed by atoms with van der Waals surface area (Å²) in [5.74, 6) is -0.279. The smallest absolute Gasteiger partial charge is 0.303 e. The second kappa shape index (κ2) is 5.50. The standard InChI is InChI=1S/C8H12O5S2/c1-5(9)12-7-3-14-15(11)4-8(7)13-6(2)10/h7-8H,3-4H2,1-2H3/t7-,8+,15?/m0/s1. The van der Waals surface area contributed by atoms with E-state index in [0.717, 1.165) is 0 Å². The largest absolute Gasteiger partial charge is 0.458 e.